The van der Waals surface area contributed by atoms with Crippen molar-refractivity contribution in [3.05, 3.63) is 48.4 Å². The van der Waals surface area contributed by atoms with Gasteiger partial charge in [-0.05, 0) is 19.2 Å². The minimum absolute atomic E-state index is 0.497. The number of fused-ring (bicyclic) bond motifs is 1. The van der Waals surface area contributed by atoms with Gasteiger partial charge in [0.25, 0.3) is 0 Å². The summed E-state index contributed by atoms with van der Waals surface area (Å²) in [6.07, 6.45) is 6.39. The first-order valence-electron chi connectivity index (χ1n) is 6.59. The molecule has 0 fully saturated rings. The summed E-state index contributed by atoms with van der Waals surface area (Å²) in [5.74, 6) is 0.497. The number of aliphatic imine (C=N–C) groups is 1. The maximum absolute atomic E-state index is 4.49. The molecule has 0 bridgehead atoms. The van der Waals surface area contributed by atoms with Crippen LogP contribution in [0, 0.1) is 0 Å². The van der Waals surface area contributed by atoms with Crippen LogP contribution in [0.3, 0.4) is 0 Å². The molecule has 3 aromatic rings. The van der Waals surface area contributed by atoms with Crippen molar-refractivity contribution < 1.29 is 0 Å². The van der Waals surface area contributed by atoms with Gasteiger partial charge in [0.1, 0.15) is 18.5 Å². The van der Waals surface area contributed by atoms with Gasteiger partial charge in [0, 0.05) is 18.2 Å². The van der Waals surface area contributed by atoms with Crippen LogP contribution in [0.2, 0.25) is 0 Å². The van der Waals surface area contributed by atoms with Crippen LogP contribution >= 0.6 is 0 Å². The minimum Gasteiger partial charge on any atom is -0.246 e. The van der Waals surface area contributed by atoms with Gasteiger partial charge in [-0.1, -0.05) is 13.5 Å². The normalized spacial score (nSPS) is 10.9. The van der Waals surface area contributed by atoms with Gasteiger partial charge in [-0.25, -0.2) is 24.2 Å². The van der Waals surface area contributed by atoms with E-state index in [4.69, 9.17) is 0 Å². The van der Waals surface area contributed by atoms with Gasteiger partial charge >= 0.3 is 0 Å². The molecule has 106 valence electrons. The summed E-state index contributed by atoms with van der Waals surface area (Å²) in [6, 6.07) is 1.92. The Balaban J connectivity index is 2.04. The van der Waals surface area contributed by atoms with E-state index >= 15 is 0 Å². The lowest BCUT2D eigenvalue weighted by molar-refractivity contribution is 0.809. The van der Waals surface area contributed by atoms with Crippen LogP contribution in [0.1, 0.15) is 23.9 Å². The highest BCUT2D eigenvalue weighted by Crippen LogP contribution is 2.17. The van der Waals surface area contributed by atoms with E-state index in [0.717, 1.165) is 29.0 Å². The van der Waals surface area contributed by atoms with Crippen LogP contribution in [-0.4, -0.2) is 36.1 Å². The molecule has 0 unspecified atom stereocenters. The van der Waals surface area contributed by atoms with E-state index in [0.29, 0.717) is 12.2 Å². The fourth-order valence-corrected chi connectivity index (χ4v) is 2.33. The molecule has 7 nitrogen and oxygen atoms in total. The second kappa shape index (κ2) is 5.28. The molecule has 0 saturated carbocycles. The van der Waals surface area contributed by atoms with Crippen molar-refractivity contribution in [1.82, 2.24) is 29.4 Å². The van der Waals surface area contributed by atoms with Crippen molar-refractivity contribution in [2.24, 2.45) is 4.99 Å². The number of aromatic nitrogens is 6. The molecule has 0 N–H and O–H groups in total. The smallest absolute Gasteiger partial charge is 0.162 e. The van der Waals surface area contributed by atoms with Crippen LogP contribution < -0.4 is 0 Å². The van der Waals surface area contributed by atoms with Gasteiger partial charge in [-0.2, -0.15) is 10.2 Å². The molecule has 0 aliphatic heterocycles. The highest BCUT2D eigenvalue weighted by atomic mass is 15.3. The lowest BCUT2D eigenvalue weighted by Gasteiger charge is -2.09. The summed E-state index contributed by atoms with van der Waals surface area (Å²) in [6.45, 7) is 9.39. The first-order chi connectivity index (χ1) is 10.2. The van der Waals surface area contributed by atoms with Crippen LogP contribution in [0.15, 0.2) is 36.5 Å². The molecule has 0 aliphatic carbocycles. The Kier molecular flexibility index (Phi) is 3.31. The lowest BCUT2D eigenvalue weighted by Crippen LogP contribution is -2.07. The van der Waals surface area contributed by atoms with E-state index in [9.17, 15) is 0 Å². The van der Waals surface area contributed by atoms with Gasteiger partial charge < -0.3 is 0 Å². The first kappa shape index (κ1) is 13.2. The zero-order valence-corrected chi connectivity index (χ0v) is 11.8. The highest BCUT2D eigenvalue weighted by molar-refractivity contribution is 5.51. The van der Waals surface area contributed by atoms with Crippen molar-refractivity contribution in [3.63, 3.8) is 0 Å². The highest BCUT2D eigenvalue weighted by Gasteiger charge is 2.13. The predicted octanol–water partition coefficient (Wildman–Crippen LogP) is 1.60. The standard InChI is InChI=1S/C14H15N7/c1-4-12-13(17-9-20-14(12)16-8-19-20)7-11-5-6-18-21(11)10(2)15-3/h5-6,8-9H,2-4,7H2,1H3. The van der Waals surface area contributed by atoms with Crippen molar-refractivity contribution in [2.45, 2.75) is 19.8 Å². The van der Waals surface area contributed by atoms with Crippen molar-refractivity contribution in [1.29, 1.82) is 0 Å². The molecule has 0 amide bonds. The van der Waals surface area contributed by atoms with Crippen molar-refractivity contribution in [2.75, 3.05) is 0 Å². The average Bonchev–Trinajstić information content (AvgIpc) is 3.15. The third-order valence-corrected chi connectivity index (χ3v) is 3.36. The van der Waals surface area contributed by atoms with E-state index in [-0.39, 0.29) is 0 Å². The summed E-state index contributed by atoms with van der Waals surface area (Å²) in [7, 11) is 0. The zero-order valence-electron chi connectivity index (χ0n) is 11.8. The fourth-order valence-electron chi connectivity index (χ4n) is 2.33. The molecular formula is C14H15N7. The summed E-state index contributed by atoms with van der Waals surface area (Å²) in [4.78, 5) is 12.6. The lowest BCUT2D eigenvalue weighted by atomic mass is 10.1. The molecule has 3 aromatic heterocycles. The maximum atomic E-state index is 4.49. The molecule has 0 spiro atoms. The number of nitrogens with zero attached hydrogens (tertiary/aromatic N) is 7. The quantitative estimate of drug-likeness (QED) is 0.666. The van der Waals surface area contributed by atoms with Gasteiger partial charge in [-0.3, -0.25) is 0 Å². The molecule has 3 heterocycles. The van der Waals surface area contributed by atoms with Crippen LogP contribution in [0.4, 0.5) is 0 Å². The van der Waals surface area contributed by atoms with E-state index in [1.165, 1.54) is 6.33 Å². The molecule has 0 aliphatic rings. The van der Waals surface area contributed by atoms with E-state index < -0.39 is 0 Å². The molecule has 0 aromatic carbocycles. The Hall–Kier alpha value is -2.83. The fraction of sp³-hybridized carbons (Fsp3) is 0.214. The largest absolute Gasteiger partial charge is 0.246 e. The second-order valence-electron chi connectivity index (χ2n) is 4.54. The number of aryl methyl sites for hydroxylation is 1. The Bertz CT molecular complexity index is 812. The first-order valence-corrected chi connectivity index (χ1v) is 6.59. The predicted molar refractivity (Wildman–Crippen MR) is 80.1 cm³/mol. The third kappa shape index (κ3) is 2.22. The topological polar surface area (TPSA) is 73.3 Å². The monoisotopic (exact) mass is 281 g/mol. The molecular weight excluding hydrogens is 266 g/mol. The molecule has 3 rings (SSSR count). The zero-order chi connectivity index (χ0) is 14.8. The van der Waals surface area contributed by atoms with Crippen LogP contribution in [0.5, 0.6) is 0 Å². The van der Waals surface area contributed by atoms with Crippen molar-refractivity contribution in [3.8, 4) is 0 Å². The second-order valence-corrected chi connectivity index (χ2v) is 4.54. The molecule has 0 radical (unpaired) electrons. The Labute approximate surface area is 121 Å². The maximum Gasteiger partial charge on any atom is 0.162 e. The molecule has 21 heavy (non-hydrogen) atoms. The number of hydrogen-bond acceptors (Lipinski definition) is 5. The van der Waals surface area contributed by atoms with Gasteiger partial charge in [0.15, 0.2) is 5.65 Å². The molecule has 7 heteroatoms. The molecule has 0 atom stereocenters. The summed E-state index contributed by atoms with van der Waals surface area (Å²) >= 11 is 0. The average molecular weight is 281 g/mol. The summed E-state index contributed by atoms with van der Waals surface area (Å²) < 4.78 is 3.35. The van der Waals surface area contributed by atoms with E-state index in [2.05, 4.69) is 45.4 Å². The number of hydrogen-bond donors (Lipinski definition) is 0. The van der Waals surface area contributed by atoms with Gasteiger partial charge in [-0.15, -0.1) is 0 Å². The Morgan fingerprint density at radius 1 is 1.33 bits per heavy atom. The third-order valence-electron chi connectivity index (χ3n) is 3.36. The van der Waals surface area contributed by atoms with Gasteiger partial charge in [0.05, 0.1) is 11.4 Å². The molecule has 0 saturated heterocycles. The van der Waals surface area contributed by atoms with Crippen LogP contribution in [-0.2, 0) is 12.8 Å². The SMILES string of the molecule is C=NC(=C)n1nccc1Cc1ncn2ncnc2c1CC. The van der Waals surface area contributed by atoms with E-state index in [1.54, 1.807) is 21.7 Å². The summed E-state index contributed by atoms with van der Waals surface area (Å²) in [5, 5.41) is 8.33. The number of rotatable bonds is 5. The minimum atomic E-state index is 0.497. The summed E-state index contributed by atoms with van der Waals surface area (Å²) in [5.41, 5.74) is 3.84. The van der Waals surface area contributed by atoms with Gasteiger partial charge in [0.2, 0.25) is 0 Å². The van der Waals surface area contributed by atoms with Crippen molar-refractivity contribution >= 4 is 18.2 Å². The Morgan fingerprint density at radius 2 is 2.19 bits per heavy atom. The Morgan fingerprint density at radius 3 is 2.95 bits per heavy atom. The van der Waals surface area contributed by atoms with Crippen LogP contribution in [0.25, 0.3) is 11.5 Å². The van der Waals surface area contributed by atoms with E-state index in [1.807, 2.05) is 6.07 Å².